The zero-order valence-electron chi connectivity index (χ0n) is 13.0. The first-order valence-electron chi connectivity index (χ1n) is 8.47. The van der Waals surface area contributed by atoms with Gasteiger partial charge in [0.05, 0.1) is 12.0 Å². The van der Waals surface area contributed by atoms with E-state index in [1.165, 1.54) is 6.42 Å². The summed E-state index contributed by atoms with van der Waals surface area (Å²) in [5.41, 5.74) is -0.671. The molecule has 5 nitrogen and oxygen atoms in total. The Labute approximate surface area is 130 Å². The molecule has 0 spiro atoms. The molecule has 1 N–H and O–H groups in total. The van der Waals surface area contributed by atoms with E-state index >= 15 is 0 Å². The Balaban J connectivity index is 1.42. The molecule has 1 heterocycles. The van der Waals surface area contributed by atoms with Gasteiger partial charge >= 0.3 is 11.9 Å². The SMILES string of the molecule is CC1CC(OC(=O)CC23CC4CC(CC(O)(C4)C2)C3)C(=O)O1. The number of cyclic esters (lactones) is 1. The van der Waals surface area contributed by atoms with Crippen molar-refractivity contribution in [3.63, 3.8) is 0 Å². The molecule has 0 amide bonds. The second-order valence-electron chi connectivity index (χ2n) is 8.32. The van der Waals surface area contributed by atoms with Crippen LogP contribution in [0.5, 0.6) is 0 Å². The molecule has 1 aliphatic heterocycles. The highest BCUT2D eigenvalue weighted by Gasteiger charge is 2.57. The maximum absolute atomic E-state index is 12.3. The van der Waals surface area contributed by atoms with Crippen LogP contribution in [0.25, 0.3) is 0 Å². The largest absolute Gasteiger partial charge is 0.460 e. The minimum atomic E-state index is -0.737. The molecule has 4 saturated carbocycles. The van der Waals surface area contributed by atoms with Crippen molar-refractivity contribution in [2.75, 3.05) is 0 Å². The van der Waals surface area contributed by atoms with Crippen LogP contribution in [-0.2, 0) is 19.1 Å². The fourth-order valence-electron chi connectivity index (χ4n) is 5.93. The molecule has 0 radical (unpaired) electrons. The summed E-state index contributed by atoms with van der Waals surface area (Å²) in [6.45, 7) is 1.81. The third kappa shape index (κ3) is 2.43. The summed E-state index contributed by atoms with van der Waals surface area (Å²) in [6, 6.07) is 0. The van der Waals surface area contributed by atoms with Crippen LogP contribution >= 0.6 is 0 Å². The van der Waals surface area contributed by atoms with E-state index in [1.807, 2.05) is 0 Å². The van der Waals surface area contributed by atoms with Gasteiger partial charge in [-0.05, 0) is 62.7 Å². The Morgan fingerprint density at radius 3 is 2.50 bits per heavy atom. The summed E-state index contributed by atoms with van der Waals surface area (Å²) in [6.07, 6.45) is 5.62. The Kier molecular flexibility index (Phi) is 3.09. The molecule has 4 atom stereocenters. The Bertz CT molecular complexity index is 499. The molecule has 0 aromatic carbocycles. The van der Waals surface area contributed by atoms with Crippen molar-refractivity contribution in [1.29, 1.82) is 0 Å². The topological polar surface area (TPSA) is 72.8 Å². The fraction of sp³-hybridized carbons (Fsp3) is 0.882. The highest BCUT2D eigenvalue weighted by molar-refractivity contribution is 5.81. The molecule has 5 aliphatic rings. The van der Waals surface area contributed by atoms with Gasteiger partial charge in [0.15, 0.2) is 0 Å². The Hall–Kier alpha value is -1.10. The Morgan fingerprint density at radius 2 is 1.95 bits per heavy atom. The van der Waals surface area contributed by atoms with Crippen molar-refractivity contribution in [2.24, 2.45) is 17.3 Å². The second-order valence-corrected chi connectivity index (χ2v) is 8.32. The van der Waals surface area contributed by atoms with Gasteiger partial charge < -0.3 is 14.6 Å². The monoisotopic (exact) mass is 308 g/mol. The van der Waals surface area contributed by atoms with Gasteiger partial charge in [-0.25, -0.2) is 4.79 Å². The normalized spacial score (nSPS) is 49.3. The van der Waals surface area contributed by atoms with Crippen LogP contribution in [-0.4, -0.2) is 34.9 Å². The number of ether oxygens (including phenoxy) is 2. The molecule has 0 aromatic rings. The first-order chi connectivity index (χ1) is 10.3. The number of hydrogen-bond donors (Lipinski definition) is 1. The van der Waals surface area contributed by atoms with E-state index in [4.69, 9.17) is 9.47 Å². The lowest BCUT2D eigenvalue weighted by molar-refractivity contribution is -0.181. The van der Waals surface area contributed by atoms with Gasteiger partial charge in [0.2, 0.25) is 6.10 Å². The number of carbonyl (C=O) groups is 2. The summed E-state index contributed by atoms with van der Waals surface area (Å²) in [7, 11) is 0. The van der Waals surface area contributed by atoms with E-state index in [1.54, 1.807) is 6.92 Å². The predicted octanol–water partition coefficient (Wildman–Crippen LogP) is 1.96. The number of rotatable bonds is 3. The lowest BCUT2D eigenvalue weighted by Crippen LogP contribution is -2.56. The van der Waals surface area contributed by atoms with Crippen LogP contribution in [0.4, 0.5) is 0 Å². The summed E-state index contributed by atoms with van der Waals surface area (Å²) in [5, 5.41) is 10.7. The van der Waals surface area contributed by atoms with Gasteiger partial charge in [-0.1, -0.05) is 0 Å². The third-order valence-electron chi connectivity index (χ3n) is 6.07. The maximum atomic E-state index is 12.3. The van der Waals surface area contributed by atoms with Crippen LogP contribution < -0.4 is 0 Å². The molecule has 4 bridgehead atoms. The standard InChI is InChI=1S/C17H24O5/c1-10-2-13(15(19)21-10)22-14(18)8-16-4-11-3-12(5-16)7-17(20,6-11)9-16/h10-13,20H,2-9H2,1H3. The Morgan fingerprint density at radius 1 is 1.27 bits per heavy atom. The molecule has 22 heavy (non-hydrogen) atoms. The minimum Gasteiger partial charge on any atom is -0.460 e. The summed E-state index contributed by atoms with van der Waals surface area (Å²) >= 11 is 0. The second kappa shape index (κ2) is 4.70. The van der Waals surface area contributed by atoms with Crippen LogP contribution in [0.3, 0.4) is 0 Å². The van der Waals surface area contributed by atoms with Crippen LogP contribution in [0.1, 0.15) is 58.3 Å². The summed E-state index contributed by atoms with van der Waals surface area (Å²) < 4.78 is 10.4. The van der Waals surface area contributed by atoms with Crippen molar-refractivity contribution in [3.05, 3.63) is 0 Å². The highest BCUT2D eigenvalue weighted by atomic mass is 16.6. The van der Waals surface area contributed by atoms with Crippen LogP contribution in [0.2, 0.25) is 0 Å². The van der Waals surface area contributed by atoms with Crippen LogP contribution in [0, 0.1) is 17.3 Å². The van der Waals surface area contributed by atoms with Crippen molar-refractivity contribution in [2.45, 2.75) is 76.1 Å². The summed E-state index contributed by atoms with van der Waals surface area (Å²) in [4.78, 5) is 23.9. The maximum Gasteiger partial charge on any atom is 0.347 e. The van der Waals surface area contributed by atoms with Gasteiger partial charge in [-0.15, -0.1) is 0 Å². The average molecular weight is 308 g/mol. The average Bonchev–Trinajstić information content (AvgIpc) is 2.63. The van der Waals surface area contributed by atoms with Crippen LogP contribution in [0.15, 0.2) is 0 Å². The molecule has 5 heteroatoms. The molecule has 4 unspecified atom stereocenters. The predicted molar refractivity (Wildman–Crippen MR) is 76.7 cm³/mol. The molecular weight excluding hydrogens is 284 g/mol. The van der Waals surface area contributed by atoms with E-state index in [0.717, 1.165) is 25.7 Å². The number of carbonyl (C=O) groups excluding carboxylic acids is 2. The van der Waals surface area contributed by atoms with E-state index in [9.17, 15) is 14.7 Å². The number of esters is 2. The lowest BCUT2D eigenvalue weighted by Gasteiger charge is -2.60. The highest BCUT2D eigenvalue weighted by Crippen LogP contribution is 2.62. The summed E-state index contributed by atoms with van der Waals surface area (Å²) in [5.74, 6) is 0.373. The van der Waals surface area contributed by atoms with E-state index in [-0.39, 0.29) is 17.5 Å². The van der Waals surface area contributed by atoms with Gasteiger partial charge in [-0.2, -0.15) is 0 Å². The van der Waals surface area contributed by atoms with Gasteiger partial charge in [-0.3, -0.25) is 4.79 Å². The van der Waals surface area contributed by atoms with Gasteiger partial charge in [0.1, 0.15) is 6.10 Å². The zero-order valence-corrected chi connectivity index (χ0v) is 13.0. The zero-order chi connectivity index (χ0) is 15.5. The van der Waals surface area contributed by atoms with Gasteiger partial charge in [0, 0.05) is 6.42 Å². The lowest BCUT2D eigenvalue weighted by atomic mass is 9.47. The number of aliphatic hydroxyl groups is 1. The minimum absolute atomic E-state index is 0.107. The first-order valence-corrected chi connectivity index (χ1v) is 8.47. The van der Waals surface area contributed by atoms with Crippen molar-refractivity contribution in [3.8, 4) is 0 Å². The molecule has 5 rings (SSSR count). The third-order valence-corrected chi connectivity index (χ3v) is 6.07. The molecule has 0 aromatic heterocycles. The van der Waals surface area contributed by atoms with Crippen molar-refractivity contribution >= 4 is 11.9 Å². The van der Waals surface area contributed by atoms with E-state index < -0.39 is 17.7 Å². The van der Waals surface area contributed by atoms with Crippen molar-refractivity contribution < 1.29 is 24.2 Å². The van der Waals surface area contributed by atoms with E-state index in [2.05, 4.69) is 0 Å². The smallest absolute Gasteiger partial charge is 0.347 e. The molecule has 122 valence electrons. The number of hydrogen-bond acceptors (Lipinski definition) is 5. The van der Waals surface area contributed by atoms with E-state index in [0.29, 0.717) is 31.1 Å². The van der Waals surface area contributed by atoms with Crippen molar-refractivity contribution in [1.82, 2.24) is 0 Å². The first kappa shape index (κ1) is 14.5. The van der Waals surface area contributed by atoms with Gasteiger partial charge in [0.25, 0.3) is 0 Å². The quantitative estimate of drug-likeness (QED) is 0.807. The molecule has 5 fully saturated rings. The fourth-order valence-corrected chi connectivity index (χ4v) is 5.93. The molecular formula is C17H24O5. The molecule has 4 aliphatic carbocycles. The molecule has 1 saturated heterocycles.